The third kappa shape index (κ3) is 2.82. The molecule has 0 spiro atoms. The molecule has 0 aromatic carbocycles. The monoisotopic (exact) mass is 251 g/mol. The van der Waals surface area contributed by atoms with Crippen LogP contribution in [0, 0.1) is 12.8 Å². The number of carbonyl (C=O) groups is 2. The summed E-state index contributed by atoms with van der Waals surface area (Å²) in [6, 6.07) is 1.36. The lowest BCUT2D eigenvalue weighted by Gasteiger charge is -2.13. The van der Waals surface area contributed by atoms with Gasteiger partial charge in [-0.1, -0.05) is 0 Å². The highest BCUT2D eigenvalue weighted by Crippen LogP contribution is 2.32. The molecule has 0 bridgehead atoms. The molecule has 0 aliphatic heterocycles. The molecule has 0 saturated heterocycles. The summed E-state index contributed by atoms with van der Waals surface area (Å²) >= 11 is 0. The first-order valence-electron chi connectivity index (χ1n) is 5.98. The van der Waals surface area contributed by atoms with Crippen LogP contribution >= 0.6 is 0 Å². The summed E-state index contributed by atoms with van der Waals surface area (Å²) in [6.07, 6.45) is 2.29. The molecule has 1 atom stereocenters. The van der Waals surface area contributed by atoms with Crippen LogP contribution in [0.4, 0.5) is 10.5 Å². The fraction of sp³-hybridized carbons (Fsp3) is 0.500. The lowest BCUT2D eigenvalue weighted by atomic mass is 10.2. The number of nitrogens with one attached hydrogen (secondary N) is 3. The average molecular weight is 251 g/mol. The van der Waals surface area contributed by atoms with Gasteiger partial charge in [-0.15, -0.1) is 0 Å². The predicted octanol–water partition coefficient (Wildman–Crippen LogP) is 1.94. The summed E-state index contributed by atoms with van der Waals surface area (Å²) in [7, 11) is 0. The van der Waals surface area contributed by atoms with Crippen molar-refractivity contribution in [3.8, 4) is 0 Å². The van der Waals surface area contributed by atoms with Crippen molar-refractivity contribution in [1.82, 2.24) is 10.3 Å². The van der Waals surface area contributed by atoms with Gasteiger partial charge in [0, 0.05) is 11.7 Å². The smallest absolute Gasteiger partial charge is 0.354 e. The van der Waals surface area contributed by atoms with E-state index in [1.807, 2.05) is 6.92 Å². The minimum atomic E-state index is -1.09. The van der Waals surface area contributed by atoms with Crippen LogP contribution in [-0.4, -0.2) is 28.1 Å². The zero-order chi connectivity index (χ0) is 13.3. The van der Waals surface area contributed by atoms with E-state index >= 15 is 0 Å². The van der Waals surface area contributed by atoms with Crippen molar-refractivity contribution in [2.75, 3.05) is 5.32 Å². The zero-order valence-corrected chi connectivity index (χ0v) is 10.4. The van der Waals surface area contributed by atoms with E-state index < -0.39 is 5.97 Å². The van der Waals surface area contributed by atoms with E-state index in [2.05, 4.69) is 15.6 Å². The lowest BCUT2D eigenvalue weighted by Crippen LogP contribution is -2.37. The highest BCUT2D eigenvalue weighted by molar-refractivity contribution is 5.99. The van der Waals surface area contributed by atoms with Gasteiger partial charge in [-0.3, -0.25) is 0 Å². The number of rotatable bonds is 4. The number of H-pyrrole nitrogens is 1. The van der Waals surface area contributed by atoms with Crippen molar-refractivity contribution in [2.45, 2.75) is 32.7 Å². The second-order valence-electron chi connectivity index (χ2n) is 4.77. The number of carbonyl (C=O) groups excluding carboxylic acids is 1. The molecule has 1 fully saturated rings. The summed E-state index contributed by atoms with van der Waals surface area (Å²) in [5.74, 6) is -0.531. The van der Waals surface area contributed by atoms with Crippen molar-refractivity contribution in [3.63, 3.8) is 0 Å². The third-order valence-corrected chi connectivity index (χ3v) is 3.10. The van der Waals surface area contributed by atoms with Crippen LogP contribution in [0.1, 0.15) is 35.9 Å². The average Bonchev–Trinajstić information content (AvgIpc) is 3.03. The van der Waals surface area contributed by atoms with Crippen molar-refractivity contribution in [3.05, 3.63) is 17.5 Å². The minimum Gasteiger partial charge on any atom is -0.477 e. The molecule has 18 heavy (non-hydrogen) atoms. The molecule has 1 aliphatic rings. The second kappa shape index (κ2) is 4.72. The van der Waals surface area contributed by atoms with Crippen LogP contribution in [0.3, 0.4) is 0 Å². The van der Waals surface area contributed by atoms with E-state index in [-0.39, 0.29) is 17.8 Å². The molecular formula is C12H17N3O3. The van der Waals surface area contributed by atoms with Gasteiger partial charge in [0.05, 0.1) is 5.69 Å². The van der Waals surface area contributed by atoms with Crippen molar-refractivity contribution in [1.29, 1.82) is 0 Å². The van der Waals surface area contributed by atoms with Gasteiger partial charge in [0.15, 0.2) is 0 Å². The molecule has 2 amide bonds. The maximum absolute atomic E-state index is 11.7. The number of hydrogen-bond acceptors (Lipinski definition) is 2. The van der Waals surface area contributed by atoms with Crippen LogP contribution < -0.4 is 10.6 Å². The van der Waals surface area contributed by atoms with Crippen molar-refractivity contribution < 1.29 is 14.7 Å². The first kappa shape index (κ1) is 12.5. The molecular weight excluding hydrogens is 234 g/mol. The number of carboxylic acid groups (broad SMARTS) is 1. The topological polar surface area (TPSA) is 94.2 Å². The molecule has 0 radical (unpaired) electrons. The van der Waals surface area contributed by atoms with Gasteiger partial charge in [0.25, 0.3) is 0 Å². The number of anilines is 1. The number of urea groups is 1. The first-order valence-corrected chi connectivity index (χ1v) is 5.98. The number of hydrogen-bond donors (Lipinski definition) is 4. The first-order chi connectivity index (χ1) is 8.47. The molecule has 1 saturated carbocycles. The van der Waals surface area contributed by atoms with Crippen LogP contribution in [0.5, 0.6) is 0 Å². The number of carboxylic acids is 1. The van der Waals surface area contributed by atoms with Gasteiger partial charge in [-0.25, -0.2) is 9.59 Å². The molecule has 98 valence electrons. The maximum atomic E-state index is 11.7. The minimum absolute atomic E-state index is 0.00160. The molecule has 1 aromatic heterocycles. The van der Waals surface area contributed by atoms with Crippen molar-refractivity contribution in [2.24, 2.45) is 5.92 Å². The second-order valence-corrected chi connectivity index (χ2v) is 4.77. The standard InChI is InChI=1S/C12H17N3O3/c1-6-5-9(10(13-6)11(16)17)15-12(18)14-7(2)8-3-4-8/h5,7-8,13H,3-4H2,1-2H3,(H,16,17)(H2,14,15,18). The van der Waals surface area contributed by atoms with Gasteiger partial charge < -0.3 is 20.7 Å². The quantitative estimate of drug-likeness (QED) is 0.658. The number of aromatic carboxylic acids is 1. The van der Waals surface area contributed by atoms with Gasteiger partial charge >= 0.3 is 12.0 Å². The normalized spacial score (nSPS) is 16.1. The Balaban J connectivity index is 1.99. The lowest BCUT2D eigenvalue weighted by molar-refractivity contribution is 0.0692. The molecule has 6 heteroatoms. The van der Waals surface area contributed by atoms with Gasteiger partial charge in [-0.05, 0) is 38.7 Å². The van der Waals surface area contributed by atoms with E-state index in [9.17, 15) is 9.59 Å². The Morgan fingerprint density at radius 2 is 2.17 bits per heavy atom. The SMILES string of the molecule is Cc1cc(NC(=O)NC(C)C2CC2)c(C(=O)O)[nH]1. The van der Waals surface area contributed by atoms with E-state index in [1.54, 1.807) is 13.0 Å². The molecule has 1 aromatic rings. The summed E-state index contributed by atoms with van der Waals surface area (Å²) in [4.78, 5) is 25.4. The summed E-state index contributed by atoms with van der Waals surface area (Å²) in [6.45, 7) is 3.69. The third-order valence-electron chi connectivity index (χ3n) is 3.10. The van der Waals surface area contributed by atoms with E-state index in [0.717, 1.165) is 12.8 Å². The van der Waals surface area contributed by atoms with Crippen LogP contribution in [0.2, 0.25) is 0 Å². The summed E-state index contributed by atoms with van der Waals surface area (Å²) < 4.78 is 0. The van der Waals surface area contributed by atoms with Gasteiger partial charge in [0.1, 0.15) is 5.69 Å². The van der Waals surface area contributed by atoms with E-state index in [4.69, 9.17) is 5.11 Å². The van der Waals surface area contributed by atoms with Crippen LogP contribution in [0.15, 0.2) is 6.07 Å². The fourth-order valence-corrected chi connectivity index (χ4v) is 1.94. The number of aromatic amines is 1. The number of amides is 2. The van der Waals surface area contributed by atoms with E-state index in [0.29, 0.717) is 17.3 Å². The predicted molar refractivity (Wildman–Crippen MR) is 66.8 cm³/mol. The fourth-order valence-electron chi connectivity index (χ4n) is 1.94. The Bertz CT molecular complexity index is 477. The number of aryl methyl sites for hydroxylation is 1. The van der Waals surface area contributed by atoms with E-state index in [1.165, 1.54) is 0 Å². The molecule has 1 unspecified atom stereocenters. The largest absolute Gasteiger partial charge is 0.477 e. The zero-order valence-electron chi connectivity index (χ0n) is 10.4. The van der Waals surface area contributed by atoms with Gasteiger partial charge in [-0.2, -0.15) is 0 Å². The molecule has 6 nitrogen and oxygen atoms in total. The van der Waals surface area contributed by atoms with Crippen LogP contribution in [-0.2, 0) is 0 Å². The van der Waals surface area contributed by atoms with Gasteiger partial charge in [0.2, 0.25) is 0 Å². The Morgan fingerprint density at radius 1 is 1.50 bits per heavy atom. The maximum Gasteiger partial charge on any atom is 0.354 e. The molecule has 4 N–H and O–H groups in total. The highest BCUT2D eigenvalue weighted by atomic mass is 16.4. The summed E-state index contributed by atoms with van der Waals surface area (Å²) in [5, 5.41) is 14.3. The Hall–Kier alpha value is -1.98. The Morgan fingerprint density at radius 3 is 2.72 bits per heavy atom. The molecule has 1 heterocycles. The number of aromatic nitrogens is 1. The molecule has 2 rings (SSSR count). The molecule has 1 aliphatic carbocycles. The summed E-state index contributed by atoms with van der Waals surface area (Å²) in [5.41, 5.74) is 0.986. The van der Waals surface area contributed by atoms with Crippen LogP contribution in [0.25, 0.3) is 0 Å². The highest BCUT2D eigenvalue weighted by Gasteiger charge is 2.29. The van der Waals surface area contributed by atoms with Crippen molar-refractivity contribution >= 4 is 17.7 Å². The Kier molecular flexibility index (Phi) is 3.27. The Labute approximate surface area is 105 Å².